The Hall–Kier alpha value is -2.58. The monoisotopic (exact) mass is 828 g/mol. The van der Waals surface area contributed by atoms with Crippen LogP contribution in [0.4, 0.5) is 0 Å². The van der Waals surface area contributed by atoms with Crippen LogP contribution in [0.25, 0.3) is 21.5 Å². The van der Waals surface area contributed by atoms with Crippen LogP contribution in [0.5, 0.6) is 0 Å². The Morgan fingerprint density at radius 1 is 0.511 bits per heavy atom. The second-order valence-corrected chi connectivity index (χ2v) is 17.1. The van der Waals surface area contributed by atoms with Crippen molar-refractivity contribution in [2.24, 2.45) is 0 Å². The summed E-state index contributed by atoms with van der Waals surface area (Å²) in [6, 6.07) is 44.0. The zero-order valence-electron chi connectivity index (χ0n) is 29.8. The molecule has 6 rings (SSSR count). The SMILES string of the molecule is CC(C)(C)c1ccc2c(c1)[cH-]c1cc(C(C)(C)C)ccc12.Cc1cc(C(C)(C)C)c[cH-]1.[Cl-].[Cl-].[Hf+2]=[C](c1ccccc1)c1ccccc1. The van der Waals surface area contributed by atoms with E-state index in [2.05, 4.69) is 191 Å². The Balaban J connectivity index is 0.000000258. The van der Waals surface area contributed by atoms with Gasteiger partial charge >= 0.3 is 98.9 Å². The Labute approximate surface area is 311 Å². The van der Waals surface area contributed by atoms with Gasteiger partial charge in [-0.3, -0.25) is 0 Å². The molecule has 246 valence electrons. The van der Waals surface area contributed by atoms with Gasteiger partial charge in [0.1, 0.15) is 0 Å². The molecule has 0 atom stereocenters. The van der Waals surface area contributed by atoms with E-state index < -0.39 is 0 Å². The van der Waals surface area contributed by atoms with Gasteiger partial charge in [-0.2, -0.15) is 23.3 Å². The Kier molecular flexibility index (Phi) is 14.4. The van der Waals surface area contributed by atoms with Gasteiger partial charge in [0.25, 0.3) is 0 Å². The molecule has 0 N–H and O–H groups in total. The third-order valence-electron chi connectivity index (χ3n) is 8.34. The second-order valence-electron chi connectivity index (χ2n) is 15.3. The molecule has 6 aromatic rings. The van der Waals surface area contributed by atoms with E-state index in [-0.39, 0.29) is 35.6 Å². The summed E-state index contributed by atoms with van der Waals surface area (Å²) in [5, 5.41) is 5.48. The standard InChI is InChI=1S/C21H25.C13H10.C10H15.2ClH.Hf/c1-20(2,3)16-7-9-18-14(12-16)11-15-13-17(21(4,5)6)8-10-19(15)18;1-3-7-12(8-4-1)11-13-9-5-2-6-10-13;1-8-5-6-9(7-8)10(2,3)4;;;/h7-13H,1-6H3;1-10H;5-7H,1-4H3;2*1H;/q-1;;-1;;;+2/p-2. The molecule has 47 heavy (non-hydrogen) atoms. The summed E-state index contributed by atoms with van der Waals surface area (Å²) in [7, 11) is 0. The van der Waals surface area contributed by atoms with E-state index in [1.807, 2.05) is 0 Å². The summed E-state index contributed by atoms with van der Waals surface area (Å²) in [6.45, 7) is 22.5. The summed E-state index contributed by atoms with van der Waals surface area (Å²) < 4.78 is 1.46. The van der Waals surface area contributed by atoms with Gasteiger partial charge in [0, 0.05) is 0 Å². The number of hydrogen-bond donors (Lipinski definition) is 0. The zero-order chi connectivity index (χ0) is 33.0. The van der Waals surface area contributed by atoms with Crippen LogP contribution in [0, 0.1) is 6.92 Å². The first-order valence-corrected chi connectivity index (χ1v) is 17.9. The van der Waals surface area contributed by atoms with Crippen molar-refractivity contribution < 1.29 is 48.7 Å². The van der Waals surface area contributed by atoms with Crippen LogP contribution >= 0.6 is 0 Å². The number of halogens is 2. The first-order chi connectivity index (χ1) is 21.0. The van der Waals surface area contributed by atoms with Gasteiger partial charge in [0.2, 0.25) is 0 Å². The molecule has 0 spiro atoms. The van der Waals surface area contributed by atoms with E-state index in [0.717, 1.165) is 23.9 Å². The molecule has 3 heteroatoms. The minimum atomic E-state index is 0. The van der Waals surface area contributed by atoms with E-state index in [0.29, 0.717) is 5.41 Å². The molecular formula is C44H50Cl2Hf-2. The van der Waals surface area contributed by atoms with Gasteiger partial charge < -0.3 is 24.8 Å². The summed E-state index contributed by atoms with van der Waals surface area (Å²) in [5.74, 6) is 0. The fourth-order valence-corrected chi connectivity index (χ4v) is 6.56. The van der Waals surface area contributed by atoms with Crippen molar-refractivity contribution in [1.82, 2.24) is 0 Å². The third-order valence-corrected chi connectivity index (χ3v) is 10.4. The van der Waals surface area contributed by atoms with E-state index in [1.165, 1.54) is 58.2 Å². The van der Waals surface area contributed by atoms with Crippen molar-refractivity contribution in [3.63, 3.8) is 0 Å². The van der Waals surface area contributed by atoms with Gasteiger partial charge in [-0.1, -0.05) is 110 Å². The van der Waals surface area contributed by atoms with Crippen LogP contribution in [0.2, 0.25) is 0 Å². The molecule has 0 aliphatic heterocycles. The van der Waals surface area contributed by atoms with Crippen LogP contribution in [0.15, 0.2) is 121 Å². The van der Waals surface area contributed by atoms with Crippen molar-refractivity contribution in [1.29, 1.82) is 0 Å². The Morgan fingerprint density at radius 2 is 0.894 bits per heavy atom. The van der Waals surface area contributed by atoms with Crippen LogP contribution in [0.1, 0.15) is 95.7 Å². The van der Waals surface area contributed by atoms with Gasteiger partial charge in [-0.05, 0) is 10.8 Å². The van der Waals surface area contributed by atoms with Crippen molar-refractivity contribution in [2.45, 2.75) is 85.5 Å². The molecular weight excluding hydrogens is 778 g/mol. The van der Waals surface area contributed by atoms with Crippen molar-refractivity contribution >= 4 is 24.8 Å². The molecule has 0 saturated heterocycles. The fraction of sp³-hybridized carbons (Fsp3) is 0.295. The van der Waals surface area contributed by atoms with Gasteiger partial charge in [0.15, 0.2) is 0 Å². The molecule has 0 unspecified atom stereocenters. The van der Waals surface area contributed by atoms with Crippen LogP contribution in [0.3, 0.4) is 0 Å². The number of rotatable bonds is 2. The predicted molar refractivity (Wildman–Crippen MR) is 196 cm³/mol. The Bertz CT molecular complexity index is 1740. The number of hydrogen-bond acceptors (Lipinski definition) is 0. The van der Waals surface area contributed by atoms with Crippen molar-refractivity contribution in [3.8, 4) is 0 Å². The van der Waals surface area contributed by atoms with Crippen LogP contribution < -0.4 is 24.8 Å². The fourth-order valence-electron chi connectivity index (χ4n) is 5.36. The number of aryl methyl sites for hydroxylation is 1. The average Bonchev–Trinajstić information content (AvgIpc) is 3.60. The summed E-state index contributed by atoms with van der Waals surface area (Å²) >= 11 is 1.08. The molecule has 0 aromatic heterocycles. The van der Waals surface area contributed by atoms with Gasteiger partial charge in [-0.15, -0.1) is 39.7 Å². The molecule has 0 aliphatic carbocycles. The molecule has 0 fully saturated rings. The van der Waals surface area contributed by atoms with E-state index in [9.17, 15) is 0 Å². The molecule has 0 radical (unpaired) electrons. The quantitative estimate of drug-likeness (QED) is 0.146. The van der Waals surface area contributed by atoms with Gasteiger partial charge in [0.05, 0.1) is 0 Å². The molecule has 0 saturated carbocycles. The van der Waals surface area contributed by atoms with Crippen LogP contribution in [-0.2, 0) is 40.1 Å². The first-order valence-electron chi connectivity index (χ1n) is 16.1. The number of fused-ring (bicyclic) bond motifs is 3. The zero-order valence-corrected chi connectivity index (χ0v) is 34.9. The normalized spacial score (nSPS) is 11.4. The average molecular weight is 828 g/mol. The summed E-state index contributed by atoms with van der Waals surface area (Å²) in [5.41, 5.74) is 9.03. The molecule has 0 nitrogen and oxygen atoms in total. The maximum absolute atomic E-state index is 2.35. The number of benzene rings is 4. The minimum absolute atomic E-state index is 0. The molecule has 0 heterocycles. The van der Waals surface area contributed by atoms with E-state index >= 15 is 0 Å². The molecule has 0 amide bonds. The van der Waals surface area contributed by atoms with Crippen molar-refractivity contribution in [2.75, 3.05) is 0 Å². The third kappa shape index (κ3) is 11.0. The maximum atomic E-state index is 2.35. The topological polar surface area (TPSA) is 0 Å². The molecule has 0 bridgehead atoms. The first kappa shape index (κ1) is 40.6. The summed E-state index contributed by atoms with van der Waals surface area (Å²) in [6.07, 6.45) is 0. The predicted octanol–water partition coefficient (Wildman–Crippen LogP) is 6.13. The van der Waals surface area contributed by atoms with E-state index in [1.54, 1.807) is 0 Å². The molecule has 0 aliphatic rings. The molecule has 6 aromatic carbocycles. The summed E-state index contributed by atoms with van der Waals surface area (Å²) in [4.78, 5) is 0. The van der Waals surface area contributed by atoms with Gasteiger partial charge in [-0.25, -0.2) is 6.07 Å². The van der Waals surface area contributed by atoms with Crippen molar-refractivity contribution in [3.05, 3.63) is 155 Å². The second kappa shape index (κ2) is 16.7. The van der Waals surface area contributed by atoms with E-state index in [4.69, 9.17) is 0 Å². The van der Waals surface area contributed by atoms with Crippen LogP contribution in [-0.4, -0.2) is 3.26 Å². The Morgan fingerprint density at radius 3 is 1.19 bits per heavy atom.